The van der Waals surface area contributed by atoms with Gasteiger partial charge in [-0.2, -0.15) is 0 Å². The molecule has 6 nitrogen and oxygen atoms in total. The van der Waals surface area contributed by atoms with E-state index in [0.717, 1.165) is 11.3 Å². The average molecular weight is 262 g/mol. The molecule has 0 aliphatic heterocycles. The van der Waals surface area contributed by atoms with Crippen molar-refractivity contribution in [3.05, 3.63) is 36.2 Å². The molecule has 1 aromatic carbocycles. The monoisotopic (exact) mass is 262 g/mol. The summed E-state index contributed by atoms with van der Waals surface area (Å²) in [5.41, 5.74) is 3.66. The van der Waals surface area contributed by atoms with E-state index in [1.165, 1.54) is 13.2 Å². The molecule has 0 saturated carbocycles. The Hall–Kier alpha value is -2.34. The van der Waals surface area contributed by atoms with Gasteiger partial charge in [-0.15, -0.1) is 0 Å². The van der Waals surface area contributed by atoms with Gasteiger partial charge in [0, 0.05) is 12.5 Å². The molecule has 1 aromatic heterocycles. The lowest BCUT2D eigenvalue weighted by Gasteiger charge is -2.00. The van der Waals surface area contributed by atoms with Crippen LogP contribution in [-0.4, -0.2) is 18.0 Å². The van der Waals surface area contributed by atoms with Crippen LogP contribution < -0.4 is 10.2 Å². The van der Waals surface area contributed by atoms with Crippen molar-refractivity contribution in [1.82, 2.24) is 10.5 Å². The van der Waals surface area contributed by atoms with Gasteiger partial charge >= 0.3 is 0 Å². The molecule has 0 spiro atoms. The van der Waals surface area contributed by atoms with Gasteiger partial charge in [0.05, 0.1) is 7.11 Å². The zero-order valence-electron chi connectivity index (χ0n) is 10.7. The van der Waals surface area contributed by atoms with Crippen LogP contribution in [0.5, 0.6) is 5.75 Å². The van der Waals surface area contributed by atoms with Gasteiger partial charge in [0.2, 0.25) is 11.8 Å². The number of nitrogens with zero attached hydrogens (tertiary/aromatic N) is 1. The number of oxazole rings is 1. The van der Waals surface area contributed by atoms with Gasteiger partial charge < -0.3 is 9.15 Å². The topological polar surface area (TPSA) is 73.6 Å². The second-order valence-corrected chi connectivity index (χ2v) is 3.82. The summed E-state index contributed by atoms with van der Waals surface area (Å²) in [6.07, 6.45) is 1.49. The highest BCUT2D eigenvalue weighted by molar-refractivity contribution is 5.71. The van der Waals surface area contributed by atoms with Gasteiger partial charge in [-0.25, -0.2) is 10.5 Å². The number of hydrogen-bond donors (Lipinski definition) is 1. The van der Waals surface area contributed by atoms with Gasteiger partial charge in [0.15, 0.2) is 0 Å². The summed E-state index contributed by atoms with van der Waals surface area (Å²) in [6.45, 7) is 1.52. The molecular formula is C13H14N2O4. The number of nitrogens with one attached hydrogen (secondary N) is 1. The zero-order chi connectivity index (χ0) is 13.7. The second-order valence-electron chi connectivity index (χ2n) is 3.82. The van der Waals surface area contributed by atoms with E-state index in [-0.39, 0.29) is 12.5 Å². The largest absolute Gasteiger partial charge is 0.497 e. The van der Waals surface area contributed by atoms with Gasteiger partial charge in [0.25, 0.3) is 0 Å². The van der Waals surface area contributed by atoms with Crippen molar-refractivity contribution in [2.45, 2.75) is 13.5 Å². The molecule has 1 amide bonds. The molecule has 2 rings (SSSR count). The molecule has 0 radical (unpaired) electrons. The second kappa shape index (κ2) is 6.01. The molecule has 0 bridgehead atoms. The fraction of sp³-hybridized carbons (Fsp3) is 0.231. The maximum Gasteiger partial charge on any atom is 0.240 e. The van der Waals surface area contributed by atoms with E-state index in [0.29, 0.717) is 11.6 Å². The van der Waals surface area contributed by atoms with Crippen LogP contribution in [0.25, 0.3) is 11.5 Å². The Morgan fingerprint density at radius 1 is 1.37 bits per heavy atom. The number of carbonyl (C=O) groups excluding carboxylic acids is 1. The smallest absolute Gasteiger partial charge is 0.240 e. The van der Waals surface area contributed by atoms with E-state index in [4.69, 9.17) is 14.0 Å². The molecular weight excluding hydrogens is 248 g/mol. The first-order chi connectivity index (χ1) is 9.19. The lowest BCUT2D eigenvalue weighted by atomic mass is 10.2. The summed E-state index contributed by atoms with van der Waals surface area (Å²) in [5, 5.41) is 0. The maximum absolute atomic E-state index is 10.6. The van der Waals surface area contributed by atoms with Crippen molar-refractivity contribution in [1.29, 1.82) is 0 Å². The normalized spacial score (nSPS) is 10.2. The molecule has 2 aromatic rings. The molecule has 100 valence electrons. The summed E-state index contributed by atoms with van der Waals surface area (Å²) < 4.78 is 10.4. The fourth-order valence-corrected chi connectivity index (χ4v) is 1.45. The fourth-order valence-electron chi connectivity index (χ4n) is 1.45. The van der Waals surface area contributed by atoms with E-state index in [1.54, 1.807) is 7.11 Å². The van der Waals surface area contributed by atoms with Crippen LogP contribution in [0.2, 0.25) is 0 Å². The van der Waals surface area contributed by atoms with E-state index in [2.05, 4.69) is 10.5 Å². The van der Waals surface area contributed by atoms with Crippen molar-refractivity contribution in [2.24, 2.45) is 0 Å². The van der Waals surface area contributed by atoms with Crippen molar-refractivity contribution in [3.8, 4) is 17.2 Å². The van der Waals surface area contributed by atoms with Gasteiger partial charge in [-0.3, -0.25) is 9.63 Å². The standard InChI is InChI=1S/C13H14N2O4/c1-9(16)15-19-8-11-7-18-13(14-11)10-3-5-12(17-2)6-4-10/h3-7H,8H2,1-2H3,(H,15,16). The molecule has 1 N–H and O–H groups in total. The Labute approximate surface area is 110 Å². The van der Waals surface area contributed by atoms with Crippen LogP contribution in [0, 0.1) is 0 Å². The highest BCUT2D eigenvalue weighted by Gasteiger charge is 2.07. The number of hydroxylamine groups is 1. The van der Waals surface area contributed by atoms with E-state index in [1.807, 2.05) is 24.3 Å². The molecule has 0 aliphatic carbocycles. The van der Waals surface area contributed by atoms with Crippen molar-refractivity contribution >= 4 is 5.91 Å². The van der Waals surface area contributed by atoms with Crippen molar-refractivity contribution in [2.75, 3.05) is 7.11 Å². The number of rotatable bonds is 5. The Balaban J connectivity index is 2.01. The van der Waals surface area contributed by atoms with Crippen LogP contribution in [0.3, 0.4) is 0 Å². The molecule has 0 aliphatic rings. The van der Waals surface area contributed by atoms with Gasteiger partial charge in [-0.1, -0.05) is 0 Å². The predicted molar refractivity (Wildman–Crippen MR) is 67.1 cm³/mol. The number of amides is 1. The third-order valence-corrected chi connectivity index (χ3v) is 2.32. The van der Waals surface area contributed by atoms with Crippen LogP contribution in [0.4, 0.5) is 0 Å². The van der Waals surface area contributed by atoms with Crippen LogP contribution in [-0.2, 0) is 16.2 Å². The molecule has 19 heavy (non-hydrogen) atoms. The first-order valence-corrected chi connectivity index (χ1v) is 5.66. The number of ether oxygens (including phenoxy) is 1. The van der Waals surface area contributed by atoms with Crippen LogP contribution in [0.15, 0.2) is 34.9 Å². The minimum atomic E-state index is -0.265. The third kappa shape index (κ3) is 3.56. The molecule has 0 unspecified atom stereocenters. The Morgan fingerprint density at radius 3 is 2.74 bits per heavy atom. The predicted octanol–water partition coefficient (Wildman–Crippen LogP) is 1.92. The highest BCUT2D eigenvalue weighted by atomic mass is 16.7. The third-order valence-electron chi connectivity index (χ3n) is 2.32. The number of aromatic nitrogens is 1. The van der Waals surface area contributed by atoms with Gasteiger partial charge in [-0.05, 0) is 24.3 Å². The van der Waals surface area contributed by atoms with E-state index < -0.39 is 0 Å². The Morgan fingerprint density at radius 2 is 2.11 bits per heavy atom. The molecule has 0 atom stereocenters. The first-order valence-electron chi connectivity index (χ1n) is 5.66. The SMILES string of the molecule is COc1ccc(-c2nc(CONC(C)=O)co2)cc1. The average Bonchev–Trinajstić information content (AvgIpc) is 2.87. The highest BCUT2D eigenvalue weighted by Crippen LogP contribution is 2.21. The van der Waals surface area contributed by atoms with Crippen molar-refractivity contribution < 1.29 is 18.8 Å². The molecule has 0 saturated heterocycles. The number of methoxy groups -OCH3 is 1. The van der Waals surface area contributed by atoms with Crippen molar-refractivity contribution in [3.63, 3.8) is 0 Å². The first kappa shape index (κ1) is 13.1. The maximum atomic E-state index is 10.6. The Kier molecular flexibility index (Phi) is 4.15. The molecule has 0 fully saturated rings. The lowest BCUT2D eigenvalue weighted by Crippen LogP contribution is -2.19. The number of hydrogen-bond acceptors (Lipinski definition) is 5. The quantitative estimate of drug-likeness (QED) is 0.833. The molecule has 6 heteroatoms. The van der Waals surface area contributed by atoms with Gasteiger partial charge in [0.1, 0.15) is 24.3 Å². The van der Waals surface area contributed by atoms with Crippen LogP contribution in [0.1, 0.15) is 12.6 Å². The molecule has 1 heterocycles. The minimum absolute atomic E-state index is 0.152. The van der Waals surface area contributed by atoms with E-state index >= 15 is 0 Å². The number of benzene rings is 1. The summed E-state index contributed by atoms with van der Waals surface area (Å²) in [4.78, 5) is 19.8. The summed E-state index contributed by atoms with van der Waals surface area (Å²) in [7, 11) is 1.61. The minimum Gasteiger partial charge on any atom is -0.497 e. The summed E-state index contributed by atoms with van der Waals surface area (Å²) in [5.74, 6) is 0.993. The summed E-state index contributed by atoms with van der Waals surface area (Å²) in [6, 6.07) is 7.35. The summed E-state index contributed by atoms with van der Waals surface area (Å²) >= 11 is 0. The number of carbonyl (C=O) groups is 1. The lowest BCUT2D eigenvalue weighted by molar-refractivity contribution is -0.132. The van der Waals surface area contributed by atoms with Crippen LogP contribution >= 0.6 is 0 Å². The Bertz CT molecular complexity index is 548. The zero-order valence-corrected chi connectivity index (χ0v) is 10.7. The van der Waals surface area contributed by atoms with E-state index in [9.17, 15) is 4.79 Å².